The molecule has 0 aromatic heterocycles. The van der Waals surface area contributed by atoms with Crippen molar-refractivity contribution in [1.29, 1.82) is 0 Å². The Kier molecular flexibility index (Phi) is 10.9. The molecule has 0 radical (unpaired) electrons. The van der Waals surface area contributed by atoms with Gasteiger partial charge in [0, 0.05) is 6.07 Å². The van der Waals surface area contributed by atoms with Gasteiger partial charge in [-0.25, -0.2) is 9.59 Å². The molecule has 6 N–H and O–H groups in total. The van der Waals surface area contributed by atoms with Crippen LogP contribution in [0.4, 0.5) is 11.4 Å². The molecule has 3 rings (SSSR count). The molecule has 14 nitrogen and oxygen atoms in total. The molecular formula is C30H24N2O12. The highest BCUT2D eigenvalue weighted by atomic mass is 16.5. The van der Waals surface area contributed by atoms with Crippen molar-refractivity contribution in [2.75, 3.05) is 10.6 Å². The smallest absolute Gasteiger partial charge is 0.341 e. The second-order valence-electron chi connectivity index (χ2n) is 8.62. The molecule has 2 amide bonds. The lowest BCUT2D eigenvalue weighted by Gasteiger charge is -2.15. The number of carbonyl (C=O) groups is 6. The van der Waals surface area contributed by atoms with E-state index < -0.39 is 59.7 Å². The number of rotatable bonds is 14. The van der Waals surface area contributed by atoms with E-state index in [9.17, 15) is 39.0 Å². The Morgan fingerprint density at radius 2 is 0.955 bits per heavy atom. The Morgan fingerprint density at radius 3 is 1.32 bits per heavy atom. The molecule has 3 aromatic rings. The second kappa shape index (κ2) is 15.0. The highest BCUT2D eigenvalue weighted by Gasteiger charge is 2.21. The van der Waals surface area contributed by atoms with Crippen molar-refractivity contribution in [3.05, 3.63) is 96.1 Å². The lowest BCUT2D eigenvalue weighted by molar-refractivity contribution is -0.137. The summed E-state index contributed by atoms with van der Waals surface area (Å²) in [7, 11) is 0. The Balaban J connectivity index is 1.80. The van der Waals surface area contributed by atoms with E-state index in [0.717, 1.165) is 12.2 Å². The number of carboxylic acids is 4. The Morgan fingerprint density at radius 1 is 0.568 bits per heavy atom. The van der Waals surface area contributed by atoms with Gasteiger partial charge in [0.25, 0.3) is 11.8 Å². The molecule has 44 heavy (non-hydrogen) atoms. The van der Waals surface area contributed by atoms with Crippen LogP contribution in [0.15, 0.2) is 96.1 Å². The van der Waals surface area contributed by atoms with Crippen LogP contribution in [0.2, 0.25) is 0 Å². The molecule has 0 unspecified atom stereocenters. The van der Waals surface area contributed by atoms with Crippen molar-refractivity contribution < 1.29 is 58.7 Å². The van der Waals surface area contributed by atoms with Gasteiger partial charge in [-0.05, 0) is 36.4 Å². The first kappa shape index (κ1) is 32.1. The Hall–Kier alpha value is -6.44. The number of amides is 2. The standard InChI is InChI=1S/C30H24N2O12/c33-25(34)14-12-19(29(39)40)27(37)31-21-8-1-3-10-23(21)43-17-6-5-7-18(16-17)44-24-11-4-2-9-22(24)32-28(38)20(30(41)42)13-15-26(35)36/h1-13,16H,14-15H2,(H,31,37)(H,32,38)(H,33,34)(H,35,36)(H,39,40)(H,41,42). The first-order valence-corrected chi connectivity index (χ1v) is 12.5. The number of anilines is 2. The van der Waals surface area contributed by atoms with Gasteiger partial charge < -0.3 is 40.5 Å². The number of benzene rings is 3. The van der Waals surface area contributed by atoms with Crippen molar-refractivity contribution in [2.45, 2.75) is 12.8 Å². The summed E-state index contributed by atoms with van der Waals surface area (Å²) in [5.74, 6) is -7.31. The molecule has 0 bridgehead atoms. The summed E-state index contributed by atoms with van der Waals surface area (Å²) < 4.78 is 11.8. The third kappa shape index (κ3) is 9.31. The third-order valence-electron chi connectivity index (χ3n) is 5.44. The van der Waals surface area contributed by atoms with E-state index in [4.69, 9.17) is 19.7 Å². The summed E-state index contributed by atoms with van der Waals surface area (Å²) in [4.78, 5) is 69.7. The van der Waals surface area contributed by atoms with Crippen LogP contribution >= 0.6 is 0 Å². The van der Waals surface area contributed by atoms with Gasteiger partial charge in [0.1, 0.15) is 22.6 Å². The molecule has 0 aliphatic carbocycles. The maximum absolute atomic E-state index is 12.6. The third-order valence-corrected chi connectivity index (χ3v) is 5.44. The summed E-state index contributed by atoms with van der Waals surface area (Å²) in [6.07, 6.45) is 0.211. The van der Waals surface area contributed by atoms with Gasteiger partial charge in [-0.1, -0.05) is 42.5 Å². The number of ether oxygens (including phenoxy) is 2. The normalized spacial score (nSPS) is 11.2. The predicted molar refractivity (Wildman–Crippen MR) is 153 cm³/mol. The highest BCUT2D eigenvalue weighted by Crippen LogP contribution is 2.34. The van der Waals surface area contributed by atoms with Crippen LogP contribution in [0.3, 0.4) is 0 Å². The number of para-hydroxylation sites is 4. The van der Waals surface area contributed by atoms with Crippen molar-refractivity contribution >= 4 is 47.1 Å². The summed E-state index contributed by atoms with van der Waals surface area (Å²) in [6, 6.07) is 18.3. The van der Waals surface area contributed by atoms with Gasteiger partial charge >= 0.3 is 23.9 Å². The molecule has 0 atom stereocenters. The molecule has 0 aliphatic rings. The van der Waals surface area contributed by atoms with Crippen molar-refractivity contribution in [3.63, 3.8) is 0 Å². The largest absolute Gasteiger partial charge is 0.481 e. The summed E-state index contributed by atoms with van der Waals surface area (Å²) >= 11 is 0. The molecule has 3 aromatic carbocycles. The van der Waals surface area contributed by atoms with Crippen LogP contribution < -0.4 is 20.1 Å². The van der Waals surface area contributed by atoms with Crippen LogP contribution in [0.5, 0.6) is 23.0 Å². The quantitative estimate of drug-likeness (QED) is 0.0868. The topological polar surface area (TPSA) is 226 Å². The molecule has 0 aliphatic heterocycles. The van der Waals surface area contributed by atoms with Gasteiger partial charge in [0.15, 0.2) is 11.5 Å². The minimum absolute atomic E-state index is 0.0875. The molecule has 0 spiro atoms. The van der Waals surface area contributed by atoms with Gasteiger partial charge in [-0.15, -0.1) is 0 Å². The van der Waals surface area contributed by atoms with E-state index in [-0.39, 0.29) is 34.4 Å². The highest BCUT2D eigenvalue weighted by molar-refractivity contribution is 6.21. The molecule has 0 fully saturated rings. The summed E-state index contributed by atoms with van der Waals surface area (Å²) in [5, 5.41) is 41.0. The first-order valence-electron chi connectivity index (χ1n) is 12.5. The lowest BCUT2D eigenvalue weighted by atomic mass is 10.2. The zero-order valence-electron chi connectivity index (χ0n) is 22.6. The second-order valence-corrected chi connectivity index (χ2v) is 8.62. The summed E-state index contributed by atoms with van der Waals surface area (Å²) in [5.41, 5.74) is -1.36. The van der Waals surface area contributed by atoms with Crippen molar-refractivity contribution in [2.24, 2.45) is 0 Å². The van der Waals surface area contributed by atoms with Gasteiger partial charge in [-0.3, -0.25) is 19.2 Å². The zero-order chi connectivity index (χ0) is 32.2. The van der Waals surface area contributed by atoms with E-state index in [1.54, 1.807) is 42.5 Å². The van der Waals surface area contributed by atoms with Crippen LogP contribution in [-0.2, 0) is 28.8 Å². The van der Waals surface area contributed by atoms with Gasteiger partial charge in [0.05, 0.1) is 24.2 Å². The van der Waals surface area contributed by atoms with Crippen LogP contribution in [0, 0.1) is 0 Å². The van der Waals surface area contributed by atoms with Crippen LogP contribution in [-0.4, -0.2) is 56.1 Å². The van der Waals surface area contributed by atoms with E-state index in [2.05, 4.69) is 10.6 Å². The fourth-order valence-electron chi connectivity index (χ4n) is 3.49. The minimum Gasteiger partial charge on any atom is -0.481 e. The van der Waals surface area contributed by atoms with E-state index in [1.165, 1.54) is 30.3 Å². The van der Waals surface area contributed by atoms with Crippen LogP contribution in [0.1, 0.15) is 12.8 Å². The maximum Gasteiger partial charge on any atom is 0.341 e. The molecule has 0 saturated carbocycles. The monoisotopic (exact) mass is 604 g/mol. The number of hydrogen-bond acceptors (Lipinski definition) is 8. The molecule has 14 heteroatoms. The van der Waals surface area contributed by atoms with Crippen molar-refractivity contribution in [3.8, 4) is 23.0 Å². The van der Waals surface area contributed by atoms with Gasteiger partial charge in [-0.2, -0.15) is 0 Å². The summed E-state index contributed by atoms with van der Waals surface area (Å²) in [6.45, 7) is 0. The average Bonchev–Trinajstić information content (AvgIpc) is 2.95. The molecular weight excluding hydrogens is 580 g/mol. The average molecular weight is 605 g/mol. The number of hydrogen-bond donors (Lipinski definition) is 6. The number of aliphatic carboxylic acids is 4. The van der Waals surface area contributed by atoms with Gasteiger partial charge in [0.2, 0.25) is 0 Å². The van der Waals surface area contributed by atoms with E-state index in [0.29, 0.717) is 0 Å². The Bertz CT molecular complexity index is 1560. The number of nitrogens with one attached hydrogen (secondary N) is 2. The minimum atomic E-state index is -1.61. The molecule has 0 saturated heterocycles. The molecule has 226 valence electrons. The number of carbonyl (C=O) groups excluding carboxylic acids is 2. The lowest BCUT2D eigenvalue weighted by Crippen LogP contribution is -2.21. The fourth-order valence-corrected chi connectivity index (χ4v) is 3.49. The Labute approximate surface area is 248 Å². The van der Waals surface area contributed by atoms with Crippen molar-refractivity contribution in [1.82, 2.24) is 0 Å². The zero-order valence-corrected chi connectivity index (χ0v) is 22.6. The first-order chi connectivity index (χ1) is 20.9. The van der Waals surface area contributed by atoms with E-state index >= 15 is 0 Å². The van der Waals surface area contributed by atoms with Crippen LogP contribution in [0.25, 0.3) is 0 Å². The number of carboxylic acid groups (broad SMARTS) is 4. The van der Waals surface area contributed by atoms with E-state index in [1.807, 2.05) is 0 Å². The maximum atomic E-state index is 12.6. The SMILES string of the molecule is O=C(O)CC=C(C(=O)O)C(=O)Nc1ccccc1Oc1cccc(Oc2ccccc2NC(=O)C(=CCC(=O)O)C(=O)O)c1. The predicted octanol–water partition coefficient (Wildman–Crippen LogP) is 4.12. The molecule has 0 heterocycles. The fraction of sp³-hybridized carbons (Fsp3) is 0.0667.